The standard InChI is InChI=1S/C21H19N9O9S3/c1-39-26-11(9-6-42-20(22)24-9)14(31)25-12-15(32)29-13(19(35)36)7(5-41-17(12)29)4-40-16-8(18(33)34)2-23-10-3-28(21(37)38)27-30(10)16/h2-3,6,12,17,27H,4-5H2,1H3,(H2,22,24)(H,25,31)(H,33,34)(H,35,36)(H,37,38)/b26-11-/t12-,17-/m1/s1. The molecular weight excluding hydrogens is 618 g/mol. The van der Waals surface area contributed by atoms with Gasteiger partial charge in [-0.25, -0.2) is 29.4 Å². The third kappa shape index (κ3) is 5.13. The number of fused-ring (bicyclic) bond motifs is 2. The molecule has 1 fully saturated rings. The van der Waals surface area contributed by atoms with Crippen LogP contribution in [0.3, 0.4) is 0 Å². The van der Waals surface area contributed by atoms with Crippen molar-refractivity contribution in [1.82, 2.24) is 30.8 Å². The molecule has 4 aliphatic rings. The highest BCUT2D eigenvalue weighted by Gasteiger charge is 2.54. The lowest BCUT2D eigenvalue weighted by Gasteiger charge is -2.49. The molecule has 5 rings (SSSR count). The number of nitrogens with zero attached hydrogens (tertiary/aromatic N) is 6. The third-order valence-corrected chi connectivity index (χ3v) is 9.14. The van der Waals surface area contributed by atoms with Gasteiger partial charge in [-0.15, -0.1) is 40.4 Å². The molecule has 18 nitrogen and oxygen atoms in total. The summed E-state index contributed by atoms with van der Waals surface area (Å²) < 4.78 is 0. The second-order valence-electron chi connectivity index (χ2n) is 8.46. The first-order valence-electron chi connectivity index (χ1n) is 11.5. The molecule has 220 valence electrons. The summed E-state index contributed by atoms with van der Waals surface area (Å²) in [5, 5.41) is 38.0. The number of amides is 3. The maximum Gasteiger partial charge on any atom is 0.427 e. The smallest absolute Gasteiger partial charge is 0.427 e. The topological polar surface area (TPSA) is 253 Å². The Labute approximate surface area is 247 Å². The fraction of sp³-hybridized carbons (Fsp3) is 0.238. The van der Waals surface area contributed by atoms with Gasteiger partial charge in [0.15, 0.2) is 16.7 Å². The highest BCUT2D eigenvalue weighted by Crippen LogP contribution is 2.42. The maximum absolute atomic E-state index is 13.1. The summed E-state index contributed by atoms with van der Waals surface area (Å²) in [7, 11) is 1.23. The van der Waals surface area contributed by atoms with E-state index < -0.39 is 41.3 Å². The molecule has 0 spiro atoms. The number of nitrogen functional groups attached to an aromatic ring is 1. The zero-order chi connectivity index (χ0) is 30.3. The lowest BCUT2D eigenvalue weighted by atomic mass is 10.0. The van der Waals surface area contributed by atoms with Crippen molar-refractivity contribution in [3.63, 3.8) is 0 Å². The molecule has 7 N–H and O–H groups in total. The number of anilines is 1. The van der Waals surface area contributed by atoms with Crippen LogP contribution in [0.15, 0.2) is 49.4 Å². The van der Waals surface area contributed by atoms with E-state index in [0.29, 0.717) is 10.6 Å². The molecular formula is C21H19N9O9S3. The van der Waals surface area contributed by atoms with E-state index in [9.17, 15) is 39.3 Å². The molecule has 0 aromatic carbocycles. The lowest BCUT2D eigenvalue weighted by Crippen LogP contribution is -2.71. The lowest BCUT2D eigenvalue weighted by molar-refractivity contribution is -0.150. The molecule has 0 radical (unpaired) electrons. The average molecular weight is 638 g/mol. The van der Waals surface area contributed by atoms with Gasteiger partial charge in [-0.1, -0.05) is 5.16 Å². The minimum Gasteiger partial charge on any atom is -0.478 e. The van der Waals surface area contributed by atoms with Gasteiger partial charge in [0, 0.05) is 23.1 Å². The minimum atomic E-state index is -1.39. The van der Waals surface area contributed by atoms with Gasteiger partial charge in [0.25, 0.3) is 11.8 Å². The SMILES string of the molecule is CO/N=C(\C(=O)N[C@@H]1C(=O)N2C(C(=O)O)=C(CSC3=C(C(=O)O)C=NC4=CN(C(=O)O)NN43)CS[C@H]12)c1csc(N)n1. The first-order chi connectivity index (χ1) is 20.0. The molecule has 0 unspecified atom stereocenters. The van der Waals surface area contributed by atoms with Crippen LogP contribution in [0.4, 0.5) is 9.93 Å². The van der Waals surface area contributed by atoms with Gasteiger partial charge in [0.05, 0.1) is 6.20 Å². The van der Waals surface area contributed by atoms with E-state index in [2.05, 4.69) is 26.0 Å². The van der Waals surface area contributed by atoms with Crippen molar-refractivity contribution in [1.29, 1.82) is 0 Å². The number of carboxylic acids is 2. The Morgan fingerprint density at radius 2 is 2.05 bits per heavy atom. The van der Waals surface area contributed by atoms with Crippen LogP contribution < -0.4 is 16.6 Å². The van der Waals surface area contributed by atoms with Crippen LogP contribution in [0.1, 0.15) is 5.69 Å². The molecule has 3 amide bonds. The van der Waals surface area contributed by atoms with E-state index in [1.807, 2.05) is 0 Å². The van der Waals surface area contributed by atoms with Crippen LogP contribution in [0.25, 0.3) is 0 Å². The number of oxime groups is 1. The molecule has 5 heterocycles. The fourth-order valence-corrected chi connectivity index (χ4v) is 7.28. The van der Waals surface area contributed by atoms with Crippen molar-refractivity contribution >= 4 is 81.8 Å². The van der Waals surface area contributed by atoms with Gasteiger partial charge in [-0.2, -0.15) is 5.01 Å². The molecule has 1 aromatic heterocycles. The van der Waals surface area contributed by atoms with Crippen molar-refractivity contribution in [2.75, 3.05) is 24.3 Å². The fourth-order valence-electron chi connectivity index (χ4n) is 4.15. The molecule has 4 aliphatic heterocycles. The molecule has 1 saturated heterocycles. The maximum atomic E-state index is 13.1. The monoisotopic (exact) mass is 637 g/mol. The number of thiazole rings is 1. The van der Waals surface area contributed by atoms with Crippen molar-refractivity contribution in [2.45, 2.75) is 11.4 Å². The predicted octanol–water partition coefficient (Wildman–Crippen LogP) is -0.558. The number of carbonyl (C=O) groups excluding carboxylic acids is 2. The summed E-state index contributed by atoms with van der Waals surface area (Å²) >= 11 is 3.20. The zero-order valence-corrected chi connectivity index (χ0v) is 23.5. The number of carboxylic acid groups (broad SMARTS) is 3. The van der Waals surface area contributed by atoms with Crippen LogP contribution in [0.5, 0.6) is 0 Å². The zero-order valence-electron chi connectivity index (χ0n) is 21.1. The number of hydrogen-bond donors (Lipinski definition) is 6. The Bertz CT molecular complexity index is 1570. The number of aliphatic imine (C=N–C) groups is 1. The molecule has 0 aliphatic carbocycles. The number of rotatable bonds is 9. The van der Waals surface area contributed by atoms with Crippen LogP contribution in [0, 0.1) is 0 Å². The molecule has 0 saturated carbocycles. The molecule has 0 bridgehead atoms. The number of carbonyl (C=O) groups is 5. The molecule has 2 atom stereocenters. The van der Waals surface area contributed by atoms with Crippen molar-refractivity contribution < 1.29 is 44.1 Å². The highest BCUT2D eigenvalue weighted by molar-refractivity contribution is 8.03. The predicted molar refractivity (Wildman–Crippen MR) is 148 cm³/mol. The number of nitrogens with one attached hydrogen (secondary N) is 2. The first kappa shape index (κ1) is 28.9. The highest BCUT2D eigenvalue weighted by atomic mass is 32.2. The Kier molecular flexibility index (Phi) is 7.81. The third-order valence-electron chi connectivity index (χ3n) is 5.96. The number of β-lactam (4-membered cyclic amide) rings is 1. The van der Waals surface area contributed by atoms with E-state index in [4.69, 9.17) is 10.6 Å². The van der Waals surface area contributed by atoms with E-state index >= 15 is 0 Å². The Morgan fingerprint density at radius 3 is 2.67 bits per heavy atom. The normalized spacial score (nSPS) is 21.5. The van der Waals surface area contributed by atoms with Gasteiger partial charge in [-0.3, -0.25) is 14.5 Å². The van der Waals surface area contributed by atoms with Gasteiger partial charge >= 0.3 is 18.0 Å². The summed E-state index contributed by atoms with van der Waals surface area (Å²) in [6.45, 7) is 0. The van der Waals surface area contributed by atoms with Gasteiger partial charge < -0.3 is 31.2 Å². The second kappa shape index (κ2) is 11.3. The van der Waals surface area contributed by atoms with E-state index in [1.165, 1.54) is 24.3 Å². The van der Waals surface area contributed by atoms with Crippen LogP contribution in [0.2, 0.25) is 0 Å². The summed E-state index contributed by atoms with van der Waals surface area (Å²) in [6.07, 6.45) is 0.833. The van der Waals surface area contributed by atoms with Gasteiger partial charge in [-0.05, 0) is 5.57 Å². The van der Waals surface area contributed by atoms with Crippen molar-refractivity contribution in [3.8, 4) is 0 Å². The summed E-state index contributed by atoms with van der Waals surface area (Å²) in [5.74, 6) is -3.99. The van der Waals surface area contributed by atoms with Crippen LogP contribution in [-0.2, 0) is 24.0 Å². The molecule has 21 heteroatoms. The van der Waals surface area contributed by atoms with Gasteiger partial charge in [0.2, 0.25) is 0 Å². The number of thioether (sulfide) groups is 2. The quantitative estimate of drug-likeness (QED) is 0.113. The number of hydrogen-bond acceptors (Lipinski definition) is 15. The average Bonchev–Trinajstić information content (AvgIpc) is 3.58. The Hall–Kier alpha value is -4.60. The number of hydrazine groups is 2. The minimum absolute atomic E-state index is 0.0590. The summed E-state index contributed by atoms with van der Waals surface area (Å²) in [4.78, 5) is 75.3. The summed E-state index contributed by atoms with van der Waals surface area (Å²) in [6, 6.07) is -1.07. The molecule has 1 aromatic rings. The Balaban J connectivity index is 1.34. The van der Waals surface area contributed by atoms with Crippen LogP contribution in [-0.4, -0.2) is 107 Å². The van der Waals surface area contributed by atoms with Crippen molar-refractivity contribution in [2.24, 2.45) is 10.1 Å². The summed E-state index contributed by atoms with van der Waals surface area (Å²) in [5.41, 5.74) is 7.81. The molecule has 42 heavy (non-hydrogen) atoms. The number of aromatic nitrogens is 1. The second-order valence-corrected chi connectivity index (χ2v) is 11.4. The van der Waals surface area contributed by atoms with E-state index in [0.717, 1.165) is 45.4 Å². The van der Waals surface area contributed by atoms with E-state index in [-0.39, 0.29) is 50.2 Å². The van der Waals surface area contributed by atoms with Gasteiger partial charge in [0.1, 0.15) is 40.5 Å². The van der Waals surface area contributed by atoms with Crippen LogP contribution >= 0.6 is 34.9 Å². The Morgan fingerprint density at radius 1 is 1.29 bits per heavy atom. The number of nitrogens with two attached hydrogens (primary N) is 1. The van der Waals surface area contributed by atoms with Crippen molar-refractivity contribution in [3.05, 3.63) is 45.0 Å². The van der Waals surface area contributed by atoms with E-state index in [1.54, 1.807) is 0 Å². The largest absolute Gasteiger partial charge is 0.478 e. The number of aliphatic carboxylic acids is 2. The first-order valence-corrected chi connectivity index (χ1v) is 14.4.